The van der Waals surface area contributed by atoms with E-state index in [-0.39, 0.29) is 17.9 Å². The lowest BCUT2D eigenvalue weighted by molar-refractivity contribution is -0.150. The highest BCUT2D eigenvalue weighted by Gasteiger charge is 2.51. The third-order valence-corrected chi connectivity index (χ3v) is 9.58. The van der Waals surface area contributed by atoms with Gasteiger partial charge in [-0.1, -0.05) is 6.92 Å². The number of rotatable bonds is 8. The SMILES string of the molecule is CCCOc1nc(N2CCCC(C(C)(C)C(=O)O)C2)ccc1C(=O)N[C@@H]1CCC2CC3CC1CC23. The predicted octanol–water partition coefficient (Wildman–Crippen LogP) is 4.75. The van der Waals surface area contributed by atoms with Crippen LogP contribution in [-0.2, 0) is 4.79 Å². The molecule has 35 heavy (non-hydrogen) atoms. The van der Waals surface area contributed by atoms with Crippen molar-refractivity contribution in [2.45, 2.75) is 78.2 Å². The summed E-state index contributed by atoms with van der Waals surface area (Å²) in [5.74, 6) is 3.64. The van der Waals surface area contributed by atoms with Crippen molar-refractivity contribution in [3.05, 3.63) is 17.7 Å². The molecule has 1 saturated heterocycles. The normalized spacial score (nSPS) is 31.9. The van der Waals surface area contributed by atoms with E-state index in [4.69, 9.17) is 9.72 Å². The lowest BCUT2D eigenvalue weighted by Gasteiger charge is -2.41. The fraction of sp³-hybridized carbons (Fsp3) is 0.750. The molecule has 0 spiro atoms. The molecule has 1 aliphatic heterocycles. The van der Waals surface area contributed by atoms with Gasteiger partial charge in [-0.25, -0.2) is 0 Å². The number of hydrogen-bond acceptors (Lipinski definition) is 5. The van der Waals surface area contributed by atoms with Gasteiger partial charge in [0.05, 0.1) is 12.0 Å². The lowest BCUT2D eigenvalue weighted by Crippen LogP contribution is -2.45. The number of nitrogens with one attached hydrogen (secondary N) is 1. The summed E-state index contributed by atoms with van der Waals surface area (Å²) in [6.07, 6.45) is 8.91. The van der Waals surface area contributed by atoms with Crippen LogP contribution in [0.25, 0.3) is 0 Å². The van der Waals surface area contributed by atoms with E-state index in [1.165, 1.54) is 25.7 Å². The molecule has 5 unspecified atom stereocenters. The van der Waals surface area contributed by atoms with Gasteiger partial charge < -0.3 is 20.1 Å². The maximum Gasteiger partial charge on any atom is 0.309 e. The Labute approximate surface area is 209 Å². The van der Waals surface area contributed by atoms with Gasteiger partial charge in [0.25, 0.3) is 5.91 Å². The molecule has 2 heterocycles. The zero-order valence-corrected chi connectivity index (χ0v) is 21.5. The van der Waals surface area contributed by atoms with E-state index in [2.05, 4.69) is 10.2 Å². The van der Waals surface area contributed by atoms with Crippen molar-refractivity contribution in [1.29, 1.82) is 0 Å². The average molecular weight is 484 g/mol. The molecule has 7 nitrogen and oxygen atoms in total. The number of anilines is 1. The third-order valence-electron chi connectivity index (χ3n) is 9.58. The van der Waals surface area contributed by atoms with Crippen molar-refractivity contribution in [1.82, 2.24) is 10.3 Å². The minimum Gasteiger partial charge on any atom is -0.481 e. The fourth-order valence-electron chi connectivity index (χ4n) is 7.18. The number of ether oxygens (including phenoxy) is 1. The Balaban J connectivity index is 1.32. The number of nitrogens with zero attached hydrogens (tertiary/aromatic N) is 2. The third kappa shape index (κ3) is 4.63. The van der Waals surface area contributed by atoms with Crippen molar-refractivity contribution in [3.63, 3.8) is 0 Å². The second kappa shape index (κ2) is 9.62. The topological polar surface area (TPSA) is 91.8 Å². The van der Waals surface area contributed by atoms with Crippen molar-refractivity contribution in [2.24, 2.45) is 35.0 Å². The van der Waals surface area contributed by atoms with Gasteiger partial charge in [0.2, 0.25) is 5.88 Å². The number of carbonyl (C=O) groups excluding carboxylic acids is 1. The van der Waals surface area contributed by atoms with Crippen molar-refractivity contribution < 1.29 is 19.4 Å². The minimum absolute atomic E-state index is 0.0372. The highest BCUT2D eigenvalue weighted by molar-refractivity contribution is 5.96. The van der Waals surface area contributed by atoms with E-state index in [1.807, 2.05) is 32.9 Å². The van der Waals surface area contributed by atoms with Crippen LogP contribution in [0, 0.1) is 35.0 Å². The van der Waals surface area contributed by atoms with E-state index in [0.717, 1.165) is 55.8 Å². The number of fused-ring (bicyclic) bond motifs is 1. The molecule has 0 aromatic carbocycles. The standard InChI is InChI=1S/C28H41N3O4/c1-4-12-35-26-21(25(32)29-23-9-7-17-13-18-14-19(23)15-22(17)18)8-10-24(30-26)31-11-5-6-20(16-31)28(2,3)27(33)34/h8,10,17-20,22-23H,4-7,9,11-16H2,1-3H3,(H,29,32)(H,33,34)/t17?,18?,19?,20?,22?,23-/m1/s1. The summed E-state index contributed by atoms with van der Waals surface area (Å²) in [5, 5.41) is 13.1. The van der Waals surface area contributed by atoms with Gasteiger partial charge in [0, 0.05) is 19.1 Å². The smallest absolute Gasteiger partial charge is 0.309 e. The number of carboxylic acids is 1. The van der Waals surface area contributed by atoms with Gasteiger partial charge in [0.15, 0.2) is 0 Å². The zero-order chi connectivity index (χ0) is 24.7. The molecule has 6 atom stereocenters. The first kappa shape index (κ1) is 24.4. The molecule has 1 amide bonds. The largest absolute Gasteiger partial charge is 0.481 e. The second-order valence-electron chi connectivity index (χ2n) is 12.0. The number of pyridine rings is 1. The molecule has 7 heteroatoms. The van der Waals surface area contributed by atoms with Crippen molar-refractivity contribution in [3.8, 4) is 5.88 Å². The van der Waals surface area contributed by atoms with Crippen LogP contribution in [-0.4, -0.2) is 47.7 Å². The molecule has 2 bridgehead atoms. The Hall–Kier alpha value is -2.31. The van der Waals surface area contributed by atoms with Crippen LogP contribution < -0.4 is 15.0 Å². The van der Waals surface area contributed by atoms with Crippen LogP contribution >= 0.6 is 0 Å². The number of hydrogen-bond donors (Lipinski definition) is 2. The number of carboxylic acid groups (broad SMARTS) is 1. The highest BCUT2D eigenvalue weighted by Crippen LogP contribution is 2.58. The monoisotopic (exact) mass is 483 g/mol. The Morgan fingerprint density at radius 3 is 2.71 bits per heavy atom. The molecular weight excluding hydrogens is 442 g/mol. The van der Waals surface area contributed by atoms with Crippen LogP contribution in [0.1, 0.15) is 82.5 Å². The summed E-state index contributed by atoms with van der Waals surface area (Å²) in [6, 6.07) is 4.00. The molecule has 192 valence electrons. The molecule has 4 fully saturated rings. The van der Waals surface area contributed by atoms with Crippen molar-refractivity contribution >= 4 is 17.7 Å². The summed E-state index contributed by atoms with van der Waals surface area (Å²) in [6.45, 7) is 7.62. The molecule has 1 aromatic heterocycles. The van der Waals surface area contributed by atoms with Crippen LogP contribution in [0.2, 0.25) is 0 Å². The fourth-order valence-corrected chi connectivity index (χ4v) is 7.18. The molecule has 2 N–H and O–H groups in total. The Bertz CT molecular complexity index is 964. The number of aromatic nitrogens is 1. The van der Waals surface area contributed by atoms with E-state index >= 15 is 0 Å². The first-order valence-corrected chi connectivity index (χ1v) is 13.7. The molecule has 4 aliphatic rings. The number of amides is 1. The van der Waals surface area contributed by atoms with Gasteiger partial charge in [-0.15, -0.1) is 0 Å². The number of carbonyl (C=O) groups is 2. The van der Waals surface area contributed by atoms with E-state index in [1.54, 1.807) is 0 Å². The number of aliphatic carboxylic acids is 1. The molecule has 3 saturated carbocycles. The molecule has 0 radical (unpaired) electrons. The van der Waals surface area contributed by atoms with Gasteiger partial charge in [-0.3, -0.25) is 9.59 Å². The summed E-state index contributed by atoms with van der Waals surface area (Å²) >= 11 is 0. The first-order chi connectivity index (χ1) is 16.8. The van der Waals surface area contributed by atoms with E-state index in [9.17, 15) is 14.7 Å². The van der Waals surface area contributed by atoms with Gasteiger partial charge in [0.1, 0.15) is 11.4 Å². The zero-order valence-electron chi connectivity index (χ0n) is 21.5. The maximum atomic E-state index is 13.4. The van der Waals surface area contributed by atoms with Gasteiger partial charge in [-0.2, -0.15) is 4.98 Å². The van der Waals surface area contributed by atoms with E-state index in [0.29, 0.717) is 30.5 Å². The summed E-state index contributed by atoms with van der Waals surface area (Å²) < 4.78 is 5.98. The maximum absolute atomic E-state index is 13.4. The summed E-state index contributed by atoms with van der Waals surface area (Å²) in [4.78, 5) is 32.2. The molecule has 5 rings (SSSR count). The number of piperidine rings is 1. The molecular formula is C28H41N3O4. The quantitative estimate of drug-likeness (QED) is 0.554. The molecule has 3 aliphatic carbocycles. The Morgan fingerprint density at radius 2 is 1.94 bits per heavy atom. The highest BCUT2D eigenvalue weighted by atomic mass is 16.5. The average Bonchev–Trinajstić information content (AvgIpc) is 3.10. The lowest BCUT2D eigenvalue weighted by atomic mass is 9.65. The Kier molecular flexibility index (Phi) is 6.71. The van der Waals surface area contributed by atoms with Crippen LogP contribution in [0.5, 0.6) is 5.88 Å². The van der Waals surface area contributed by atoms with Crippen LogP contribution in [0.4, 0.5) is 5.82 Å². The van der Waals surface area contributed by atoms with E-state index < -0.39 is 11.4 Å². The van der Waals surface area contributed by atoms with Crippen LogP contribution in [0.15, 0.2) is 12.1 Å². The van der Waals surface area contributed by atoms with Gasteiger partial charge >= 0.3 is 5.97 Å². The second-order valence-corrected chi connectivity index (χ2v) is 12.0. The van der Waals surface area contributed by atoms with Gasteiger partial charge in [-0.05, 0) is 107 Å². The summed E-state index contributed by atoms with van der Waals surface area (Å²) in [5.41, 5.74) is -0.288. The van der Waals surface area contributed by atoms with Crippen LogP contribution in [0.3, 0.4) is 0 Å². The summed E-state index contributed by atoms with van der Waals surface area (Å²) in [7, 11) is 0. The first-order valence-electron chi connectivity index (χ1n) is 13.7. The van der Waals surface area contributed by atoms with Crippen molar-refractivity contribution in [2.75, 3.05) is 24.6 Å². The minimum atomic E-state index is -0.793. The molecule has 1 aromatic rings. The predicted molar refractivity (Wildman–Crippen MR) is 135 cm³/mol. The Morgan fingerprint density at radius 1 is 1.14 bits per heavy atom.